The van der Waals surface area contributed by atoms with Gasteiger partial charge in [-0.15, -0.1) is 4.83 Å². The highest BCUT2D eigenvalue weighted by atomic mass is 32.3. The molecule has 1 unspecified atom stereocenters. The highest BCUT2D eigenvalue weighted by Gasteiger charge is 2.40. The summed E-state index contributed by atoms with van der Waals surface area (Å²) in [6.07, 6.45) is 3.77. The molecule has 34 heavy (non-hydrogen) atoms. The van der Waals surface area contributed by atoms with Crippen LogP contribution < -0.4 is 9.57 Å². The topological polar surface area (TPSA) is 113 Å². The molecule has 1 saturated carbocycles. The normalized spacial score (nSPS) is 19.0. The Hall–Kier alpha value is -2.63. The summed E-state index contributed by atoms with van der Waals surface area (Å²) in [5, 5.41) is -0.0929. The standard InChI is InChI=1S/C23H29N3O6S2/c1-32-21-11-3-17(4-12-21)13-14-25-22(20-9-7-19(8-10-20)18-5-6-18)15-26(23(25)27)24-34(30,31)16-33(2,28)29/h3-4,7-12,18,22,24H,5-6,13-16H2,1-2H3. The van der Waals surface area contributed by atoms with Gasteiger partial charge in [0.05, 0.1) is 19.7 Å². The zero-order valence-electron chi connectivity index (χ0n) is 19.2. The smallest absolute Gasteiger partial charge is 0.335 e. The number of nitrogens with one attached hydrogen (secondary N) is 1. The fourth-order valence-electron chi connectivity index (χ4n) is 4.18. The number of sulfone groups is 1. The van der Waals surface area contributed by atoms with Gasteiger partial charge in [-0.3, -0.25) is 0 Å². The average Bonchev–Trinajstić information content (AvgIpc) is 3.57. The molecule has 0 bridgehead atoms. The van der Waals surface area contributed by atoms with Gasteiger partial charge in [-0.05, 0) is 54.0 Å². The molecule has 2 aromatic rings. The molecule has 0 radical (unpaired) electrons. The number of hydrogen-bond donors (Lipinski definition) is 1. The summed E-state index contributed by atoms with van der Waals surface area (Å²) in [5.41, 5.74) is 3.17. The molecule has 0 aromatic heterocycles. The van der Waals surface area contributed by atoms with E-state index in [1.165, 1.54) is 18.4 Å². The van der Waals surface area contributed by atoms with Gasteiger partial charge in [0.25, 0.3) is 0 Å². The maximum absolute atomic E-state index is 13.2. The van der Waals surface area contributed by atoms with Gasteiger partial charge >= 0.3 is 6.03 Å². The lowest BCUT2D eigenvalue weighted by Crippen LogP contribution is -2.46. The van der Waals surface area contributed by atoms with Crippen LogP contribution in [-0.4, -0.2) is 64.3 Å². The summed E-state index contributed by atoms with van der Waals surface area (Å²) < 4.78 is 52.9. The molecule has 0 spiro atoms. The molecular weight excluding hydrogens is 478 g/mol. The van der Waals surface area contributed by atoms with E-state index < -0.39 is 31.0 Å². The van der Waals surface area contributed by atoms with Crippen molar-refractivity contribution in [1.82, 2.24) is 14.7 Å². The largest absolute Gasteiger partial charge is 0.497 e. The second-order valence-corrected chi connectivity index (χ2v) is 13.1. The van der Waals surface area contributed by atoms with Crippen LogP contribution in [0.2, 0.25) is 0 Å². The van der Waals surface area contributed by atoms with Gasteiger partial charge in [-0.25, -0.2) is 26.6 Å². The molecule has 2 fully saturated rings. The first-order valence-corrected chi connectivity index (χ1v) is 14.7. The average molecular weight is 508 g/mol. The number of benzene rings is 2. The van der Waals surface area contributed by atoms with Crippen molar-refractivity contribution in [3.05, 3.63) is 65.2 Å². The van der Waals surface area contributed by atoms with E-state index in [4.69, 9.17) is 4.74 Å². The van der Waals surface area contributed by atoms with Gasteiger partial charge in [0.1, 0.15) is 5.75 Å². The third-order valence-electron chi connectivity index (χ3n) is 6.00. The van der Waals surface area contributed by atoms with Crippen LogP contribution in [0.3, 0.4) is 0 Å². The van der Waals surface area contributed by atoms with Gasteiger partial charge in [0.2, 0.25) is 10.0 Å². The molecule has 9 nitrogen and oxygen atoms in total. The Morgan fingerprint density at radius 3 is 2.15 bits per heavy atom. The van der Waals surface area contributed by atoms with E-state index in [2.05, 4.69) is 17.0 Å². The molecule has 1 aliphatic heterocycles. The quantitative estimate of drug-likeness (QED) is 0.529. The van der Waals surface area contributed by atoms with Crippen LogP contribution in [0.25, 0.3) is 0 Å². The van der Waals surface area contributed by atoms with E-state index in [1.807, 2.05) is 36.4 Å². The Kier molecular flexibility index (Phi) is 6.88. The second-order valence-electron chi connectivity index (χ2n) is 8.89. The van der Waals surface area contributed by atoms with E-state index in [0.29, 0.717) is 18.9 Å². The number of carbonyl (C=O) groups excluding carboxylic acids is 1. The number of amides is 2. The Morgan fingerprint density at radius 2 is 1.59 bits per heavy atom. The predicted octanol–water partition coefficient (Wildman–Crippen LogP) is 2.43. The van der Waals surface area contributed by atoms with Crippen LogP contribution in [0.5, 0.6) is 5.75 Å². The zero-order chi connectivity index (χ0) is 24.5. The summed E-state index contributed by atoms with van der Waals surface area (Å²) in [4.78, 5) is 17.0. The molecule has 2 aromatic carbocycles. The van der Waals surface area contributed by atoms with Crippen molar-refractivity contribution in [2.45, 2.75) is 31.2 Å². The highest BCUT2D eigenvalue weighted by molar-refractivity contribution is 8.06. The minimum atomic E-state index is -4.24. The highest BCUT2D eigenvalue weighted by Crippen LogP contribution is 2.40. The molecule has 184 valence electrons. The zero-order valence-corrected chi connectivity index (χ0v) is 20.8. The molecule has 1 heterocycles. The molecule has 11 heteroatoms. The van der Waals surface area contributed by atoms with Gasteiger partial charge < -0.3 is 9.64 Å². The summed E-state index contributed by atoms with van der Waals surface area (Å²) >= 11 is 0. The molecule has 2 aliphatic rings. The molecular formula is C23H29N3O6S2. The van der Waals surface area contributed by atoms with Crippen molar-refractivity contribution in [1.29, 1.82) is 0 Å². The van der Waals surface area contributed by atoms with Crippen molar-refractivity contribution < 1.29 is 26.4 Å². The number of methoxy groups -OCH3 is 1. The first-order chi connectivity index (χ1) is 16.0. The lowest BCUT2D eigenvalue weighted by molar-refractivity contribution is 0.182. The summed E-state index contributed by atoms with van der Waals surface area (Å²) in [6, 6.07) is 14.8. The number of carbonyl (C=O) groups is 1. The van der Waals surface area contributed by atoms with Crippen LogP contribution in [0, 0.1) is 0 Å². The van der Waals surface area contributed by atoms with Gasteiger partial charge in [0, 0.05) is 12.8 Å². The van der Waals surface area contributed by atoms with Crippen molar-refractivity contribution in [3.8, 4) is 5.75 Å². The van der Waals surface area contributed by atoms with Crippen molar-refractivity contribution in [3.63, 3.8) is 0 Å². The van der Waals surface area contributed by atoms with Gasteiger partial charge in [-0.1, -0.05) is 36.4 Å². The fraction of sp³-hybridized carbons (Fsp3) is 0.435. The van der Waals surface area contributed by atoms with E-state index in [0.717, 1.165) is 28.1 Å². The number of rotatable bonds is 10. The molecule has 1 N–H and O–H groups in total. The van der Waals surface area contributed by atoms with E-state index in [1.54, 1.807) is 12.0 Å². The minimum absolute atomic E-state index is 0.0766. The van der Waals surface area contributed by atoms with Crippen LogP contribution in [0.4, 0.5) is 4.79 Å². The number of ether oxygens (including phenoxy) is 1. The summed E-state index contributed by atoms with van der Waals surface area (Å²) in [6.45, 7) is 0.442. The Morgan fingerprint density at radius 1 is 0.971 bits per heavy atom. The van der Waals surface area contributed by atoms with E-state index >= 15 is 0 Å². The van der Waals surface area contributed by atoms with E-state index in [9.17, 15) is 21.6 Å². The van der Waals surface area contributed by atoms with Crippen molar-refractivity contribution in [2.24, 2.45) is 0 Å². The lowest BCUT2D eigenvalue weighted by atomic mass is 10.0. The number of sulfonamides is 1. The molecule has 2 amide bonds. The first-order valence-electron chi connectivity index (χ1n) is 11.0. The minimum Gasteiger partial charge on any atom is -0.497 e. The van der Waals surface area contributed by atoms with Crippen LogP contribution in [0.15, 0.2) is 48.5 Å². The Bertz CT molecular complexity index is 1240. The van der Waals surface area contributed by atoms with Crippen LogP contribution >= 0.6 is 0 Å². The molecule has 1 aliphatic carbocycles. The monoisotopic (exact) mass is 507 g/mol. The molecule has 1 saturated heterocycles. The first kappa shape index (κ1) is 24.5. The maximum Gasteiger partial charge on any atom is 0.335 e. The number of hydrogen-bond acceptors (Lipinski definition) is 6. The van der Waals surface area contributed by atoms with Crippen LogP contribution in [-0.2, 0) is 26.3 Å². The fourth-order valence-corrected chi connectivity index (χ4v) is 7.13. The number of nitrogens with zero attached hydrogens (tertiary/aromatic N) is 2. The SMILES string of the molecule is COc1ccc(CCN2C(=O)N(NS(=O)(=O)CS(C)(=O)=O)CC2c2ccc(C3CC3)cc2)cc1. The van der Waals surface area contributed by atoms with Gasteiger partial charge in [0.15, 0.2) is 14.9 Å². The maximum atomic E-state index is 13.2. The molecule has 4 rings (SSSR count). The Balaban J connectivity index is 1.54. The lowest BCUT2D eigenvalue weighted by Gasteiger charge is -2.23. The Labute approximate surface area is 200 Å². The molecule has 1 atom stereocenters. The van der Waals surface area contributed by atoms with Crippen LogP contribution in [0.1, 0.15) is 41.5 Å². The predicted molar refractivity (Wildman–Crippen MR) is 128 cm³/mol. The van der Waals surface area contributed by atoms with Gasteiger partial charge in [-0.2, -0.15) is 0 Å². The number of urea groups is 1. The van der Waals surface area contributed by atoms with Crippen molar-refractivity contribution in [2.75, 3.05) is 31.5 Å². The summed E-state index contributed by atoms with van der Waals surface area (Å²) in [7, 11) is -6.44. The van der Waals surface area contributed by atoms with Crippen molar-refractivity contribution >= 4 is 25.9 Å². The third-order valence-corrected chi connectivity index (χ3v) is 9.45. The summed E-state index contributed by atoms with van der Waals surface area (Å²) in [5.74, 6) is 1.34. The third kappa shape index (κ3) is 6.08. The number of hydrazine groups is 1. The van der Waals surface area contributed by atoms with E-state index in [-0.39, 0.29) is 12.6 Å². The second kappa shape index (κ2) is 9.55.